The molecule has 0 radical (unpaired) electrons. The molecule has 0 heterocycles. The molecule has 0 fully saturated rings. The van der Waals surface area contributed by atoms with Crippen LogP contribution in [0.5, 0.6) is 0 Å². The minimum atomic E-state index is 0.250. The third-order valence-electron chi connectivity index (χ3n) is 2.16. The summed E-state index contributed by atoms with van der Waals surface area (Å²) < 4.78 is 0. The van der Waals surface area contributed by atoms with Gasteiger partial charge in [-0.15, -0.1) is 13.2 Å². The van der Waals surface area contributed by atoms with Crippen molar-refractivity contribution in [2.24, 2.45) is 5.92 Å². The Hall–Kier alpha value is -0.850. The van der Waals surface area contributed by atoms with E-state index in [4.69, 9.17) is 0 Å². The molecule has 0 rings (SSSR count). The largest absolute Gasteiger partial charge is 0.303 e. The number of aldehydes is 1. The molecule has 1 nitrogen and oxygen atoms in total. The van der Waals surface area contributed by atoms with Gasteiger partial charge in [0.15, 0.2) is 0 Å². The van der Waals surface area contributed by atoms with Crippen LogP contribution in [-0.4, -0.2) is 6.29 Å². The van der Waals surface area contributed by atoms with Gasteiger partial charge in [-0.05, 0) is 38.5 Å². The highest BCUT2D eigenvalue weighted by Gasteiger charge is 2.05. The maximum absolute atomic E-state index is 10.6. The molecule has 0 aliphatic heterocycles. The van der Waals surface area contributed by atoms with Crippen molar-refractivity contribution in [1.29, 1.82) is 0 Å². The van der Waals surface area contributed by atoms with Crippen LogP contribution in [-0.2, 0) is 4.79 Å². The summed E-state index contributed by atoms with van der Waals surface area (Å²) in [5.41, 5.74) is 0. The van der Waals surface area contributed by atoms with Crippen molar-refractivity contribution in [3.63, 3.8) is 0 Å². The zero-order valence-electron chi connectivity index (χ0n) is 8.37. The Morgan fingerprint density at radius 3 is 1.77 bits per heavy atom. The first kappa shape index (κ1) is 12.2. The topological polar surface area (TPSA) is 17.1 Å². The number of hydrogen-bond acceptors (Lipinski definition) is 1. The van der Waals surface area contributed by atoms with E-state index in [-0.39, 0.29) is 5.92 Å². The highest BCUT2D eigenvalue weighted by Crippen LogP contribution is 2.13. The Kier molecular flexibility index (Phi) is 8.64. The second-order valence-corrected chi connectivity index (χ2v) is 3.34. The molecule has 0 saturated heterocycles. The van der Waals surface area contributed by atoms with E-state index in [9.17, 15) is 4.79 Å². The van der Waals surface area contributed by atoms with Gasteiger partial charge in [0, 0.05) is 5.92 Å². The first-order valence-corrected chi connectivity index (χ1v) is 5.02. The highest BCUT2D eigenvalue weighted by atomic mass is 16.1. The van der Waals surface area contributed by atoms with Gasteiger partial charge in [0.05, 0.1) is 0 Å². The van der Waals surface area contributed by atoms with Gasteiger partial charge in [-0.25, -0.2) is 0 Å². The smallest absolute Gasteiger partial charge is 0.123 e. The fourth-order valence-electron chi connectivity index (χ4n) is 1.33. The molecule has 13 heavy (non-hydrogen) atoms. The van der Waals surface area contributed by atoms with E-state index in [1.807, 2.05) is 12.2 Å². The minimum absolute atomic E-state index is 0.250. The predicted octanol–water partition coefficient (Wildman–Crippen LogP) is 3.51. The maximum Gasteiger partial charge on any atom is 0.123 e. The first-order chi connectivity index (χ1) is 6.35. The fourth-order valence-corrected chi connectivity index (χ4v) is 1.33. The van der Waals surface area contributed by atoms with Crippen molar-refractivity contribution >= 4 is 6.29 Å². The number of allylic oxidation sites excluding steroid dienone is 2. The summed E-state index contributed by atoms with van der Waals surface area (Å²) >= 11 is 0. The predicted molar refractivity (Wildman–Crippen MR) is 57.7 cm³/mol. The number of unbranched alkanes of at least 4 members (excludes halogenated alkanes) is 2. The van der Waals surface area contributed by atoms with Crippen LogP contribution in [0.15, 0.2) is 25.3 Å². The van der Waals surface area contributed by atoms with Crippen LogP contribution in [0.2, 0.25) is 0 Å². The molecule has 0 aromatic carbocycles. The lowest BCUT2D eigenvalue weighted by atomic mass is 9.97. The van der Waals surface area contributed by atoms with Crippen LogP contribution in [0.4, 0.5) is 0 Å². The molecule has 0 aromatic rings. The molecule has 0 amide bonds. The summed E-state index contributed by atoms with van der Waals surface area (Å²) in [4.78, 5) is 10.6. The summed E-state index contributed by atoms with van der Waals surface area (Å²) in [5, 5.41) is 0. The van der Waals surface area contributed by atoms with Crippen LogP contribution >= 0.6 is 0 Å². The second-order valence-electron chi connectivity index (χ2n) is 3.34. The second kappa shape index (κ2) is 9.24. The van der Waals surface area contributed by atoms with Crippen molar-refractivity contribution in [1.82, 2.24) is 0 Å². The zero-order chi connectivity index (χ0) is 9.94. The van der Waals surface area contributed by atoms with E-state index in [2.05, 4.69) is 13.2 Å². The van der Waals surface area contributed by atoms with Crippen molar-refractivity contribution in [2.45, 2.75) is 38.5 Å². The maximum atomic E-state index is 10.6. The zero-order valence-corrected chi connectivity index (χ0v) is 8.37. The number of carbonyl (C=O) groups excluding carboxylic acids is 1. The van der Waals surface area contributed by atoms with Gasteiger partial charge in [-0.1, -0.05) is 12.2 Å². The van der Waals surface area contributed by atoms with Gasteiger partial charge in [-0.2, -0.15) is 0 Å². The summed E-state index contributed by atoms with van der Waals surface area (Å²) in [5.74, 6) is 0.250. The third kappa shape index (κ3) is 7.51. The number of carbonyl (C=O) groups is 1. The van der Waals surface area contributed by atoms with Crippen LogP contribution in [0.25, 0.3) is 0 Å². The van der Waals surface area contributed by atoms with Gasteiger partial charge >= 0.3 is 0 Å². The average Bonchev–Trinajstić information content (AvgIpc) is 2.16. The van der Waals surface area contributed by atoms with Crippen LogP contribution < -0.4 is 0 Å². The molecule has 0 aromatic heterocycles. The summed E-state index contributed by atoms with van der Waals surface area (Å²) in [6.45, 7) is 7.31. The number of hydrogen-bond donors (Lipinski definition) is 0. The summed E-state index contributed by atoms with van der Waals surface area (Å²) in [6.07, 6.45) is 11.1. The normalized spacial score (nSPS) is 9.92. The Morgan fingerprint density at radius 1 is 1.00 bits per heavy atom. The van der Waals surface area contributed by atoms with Crippen LogP contribution in [0.1, 0.15) is 38.5 Å². The van der Waals surface area contributed by atoms with Crippen molar-refractivity contribution in [3.8, 4) is 0 Å². The van der Waals surface area contributed by atoms with Gasteiger partial charge in [0.1, 0.15) is 6.29 Å². The van der Waals surface area contributed by atoms with Gasteiger partial charge < -0.3 is 4.79 Å². The molecular weight excluding hydrogens is 160 g/mol. The molecule has 0 unspecified atom stereocenters. The quantitative estimate of drug-likeness (QED) is 0.301. The van der Waals surface area contributed by atoms with Crippen LogP contribution in [0.3, 0.4) is 0 Å². The van der Waals surface area contributed by atoms with E-state index in [1.54, 1.807) is 0 Å². The summed E-state index contributed by atoms with van der Waals surface area (Å²) in [6, 6.07) is 0. The number of rotatable bonds is 9. The molecule has 0 spiro atoms. The lowest BCUT2D eigenvalue weighted by Crippen LogP contribution is -2.01. The molecular formula is C12H20O. The van der Waals surface area contributed by atoms with E-state index < -0.39 is 0 Å². The first-order valence-electron chi connectivity index (χ1n) is 5.02. The monoisotopic (exact) mass is 180 g/mol. The standard InChI is InChI=1S/C12H20O/c1-3-5-7-9-12(11-13)10-8-6-4-2/h3-4,11-12H,1-2,5-10H2. The Bertz CT molecular complexity index is 135. The minimum Gasteiger partial charge on any atom is -0.303 e. The van der Waals surface area contributed by atoms with E-state index in [1.165, 1.54) is 0 Å². The van der Waals surface area contributed by atoms with E-state index in [0.717, 1.165) is 44.8 Å². The highest BCUT2D eigenvalue weighted by molar-refractivity contribution is 5.53. The molecule has 0 saturated carbocycles. The molecule has 0 N–H and O–H groups in total. The van der Waals surface area contributed by atoms with Crippen molar-refractivity contribution in [3.05, 3.63) is 25.3 Å². The lowest BCUT2D eigenvalue weighted by molar-refractivity contribution is -0.111. The average molecular weight is 180 g/mol. The molecule has 0 aliphatic rings. The Labute approximate surface area is 81.5 Å². The van der Waals surface area contributed by atoms with Gasteiger partial charge in [-0.3, -0.25) is 0 Å². The van der Waals surface area contributed by atoms with Gasteiger partial charge in [0.25, 0.3) is 0 Å². The lowest BCUT2D eigenvalue weighted by Gasteiger charge is -2.07. The Morgan fingerprint density at radius 2 is 1.46 bits per heavy atom. The van der Waals surface area contributed by atoms with Crippen molar-refractivity contribution in [2.75, 3.05) is 0 Å². The van der Waals surface area contributed by atoms with E-state index >= 15 is 0 Å². The molecule has 0 bridgehead atoms. The third-order valence-corrected chi connectivity index (χ3v) is 2.16. The fraction of sp³-hybridized carbons (Fsp3) is 0.583. The van der Waals surface area contributed by atoms with Crippen molar-refractivity contribution < 1.29 is 4.79 Å². The van der Waals surface area contributed by atoms with Gasteiger partial charge in [0.2, 0.25) is 0 Å². The van der Waals surface area contributed by atoms with Crippen LogP contribution in [0, 0.1) is 5.92 Å². The van der Waals surface area contributed by atoms with E-state index in [0.29, 0.717) is 0 Å². The molecule has 74 valence electrons. The molecule has 0 atom stereocenters. The molecule has 1 heteroatoms. The summed E-state index contributed by atoms with van der Waals surface area (Å²) in [7, 11) is 0. The Balaban J connectivity index is 3.44. The SMILES string of the molecule is C=CCCCC(C=O)CCCC=C. The molecule has 0 aliphatic carbocycles.